The van der Waals surface area contributed by atoms with E-state index in [1.54, 1.807) is 0 Å². The van der Waals surface area contributed by atoms with Crippen LogP contribution < -0.4 is 4.97 Å². The van der Waals surface area contributed by atoms with Crippen molar-refractivity contribution >= 4 is 0 Å². The Kier molecular flexibility index (Phi) is 32.5. The van der Waals surface area contributed by atoms with Crippen LogP contribution in [0.15, 0.2) is 0 Å². The first-order valence-electron chi connectivity index (χ1n) is 0.383. The third-order valence-corrected chi connectivity index (χ3v) is 0. The van der Waals surface area contributed by atoms with Gasteiger partial charge in [-0.2, -0.15) is 0 Å². The SMILES string of the molecule is [N-]=[N+]=O.[Ni]. The molecule has 0 rings (SSSR count). The molecule has 0 aliphatic rings. The minimum absolute atomic E-state index is 0. The monoisotopic (exact) mass is 102 g/mol. The topological polar surface area (TPSA) is 53.5 Å². The predicted molar refractivity (Wildman–Crippen MR) is 8.86 cm³/mol. The molecule has 0 radical (unpaired) electrons. The van der Waals surface area contributed by atoms with E-state index in [1.807, 2.05) is 0 Å². The first-order valence-corrected chi connectivity index (χ1v) is 0.383. The molecular formula is N2NiO. The molecule has 0 N–H and O–H groups in total. The van der Waals surface area contributed by atoms with Crippen LogP contribution in [0.1, 0.15) is 0 Å². The third-order valence-electron chi connectivity index (χ3n) is 0. The van der Waals surface area contributed by atoms with Gasteiger partial charge in [-0.05, 0) is 0 Å². The maximum Gasteiger partial charge on any atom is 0.151 e. The van der Waals surface area contributed by atoms with Crippen molar-refractivity contribution < 1.29 is 16.5 Å². The summed E-state index contributed by atoms with van der Waals surface area (Å²) in [6.45, 7) is 0. The van der Waals surface area contributed by atoms with Gasteiger partial charge in [0.1, 0.15) is 4.97 Å². The van der Waals surface area contributed by atoms with Crippen LogP contribution in [0.4, 0.5) is 0 Å². The van der Waals surface area contributed by atoms with Crippen LogP contribution in [0.3, 0.4) is 0 Å². The second-order valence-corrected chi connectivity index (χ2v) is 0.0816. The van der Waals surface area contributed by atoms with Crippen LogP contribution >= 0.6 is 0 Å². The van der Waals surface area contributed by atoms with Crippen LogP contribution in [0.2, 0.25) is 0 Å². The average molecular weight is 103 g/mol. The maximum atomic E-state index is 8.11. The average Bonchev–Trinajstić information content (AvgIpc) is 0.918. The molecule has 0 aliphatic heterocycles. The van der Waals surface area contributed by atoms with Crippen molar-refractivity contribution in [2.45, 2.75) is 0 Å². The summed E-state index contributed by atoms with van der Waals surface area (Å²) in [5, 5.41) is 0. The van der Waals surface area contributed by atoms with E-state index < -0.39 is 0 Å². The summed E-state index contributed by atoms with van der Waals surface area (Å²) in [6, 6.07) is 0. The molecule has 0 spiro atoms. The summed E-state index contributed by atoms with van der Waals surface area (Å²) >= 11 is 0. The fourth-order valence-electron chi connectivity index (χ4n) is 0. The van der Waals surface area contributed by atoms with Gasteiger partial charge in [-0.15, -0.1) is 0 Å². The Bertz CT molecular complexity index is 27.0. The van der Waals surface area contributed by atoms with Crippen molar-refractivity contribution in [2.24, 2.45) is 0 Å². The van der Waals surface area contributed by atoms with Gasteiger partial charge in [0.25, 0.3) is 0 Å². The molecule has 4 heteroatoms. The summed E-state index contributed by atoms with van der Waals surface area (Å²) < 4.78 is 0. The zero-order chi connectivity index (χ0) is 2.71. The van der Waals surface area contributed by atoms with E-state index >= 15 is 0 Å². The van der Waals surface area contributed by atoms with Gasteiger partial charge < -0.3 is 0 Å². The maximum absolute atomic E-state index is 8.11. The van der Waals surface area contributed by atoms with Gasteiger partial charge in [-0.25, -0.2) is 0 Å². The van der Waals surface area contributed by atoms with E-state index in [0.29, 0.717) is 0 Å². The van der Waals surface area contributed by atoms with Gasteiger partial charge in [0.2, 0.25) is 0 Å². The summed E-state index contributed by atoms with van der Waals surface area (Å²) in [4.78, 5) is 9.36. The zero-order valence-corrected chi connectivity index (χ0v) is 2.61. The summed E-state index contributed by atoms with van der Waals surface area (Å²) in [5.74, 6) is 0. The van der Waals surface area contributed by atoms with Gasteiger partial charge >= 0.3 is 0 Å². The van der Waals surface area contributed by atoms with E-state index in [0.717, 1.165) is 0 Å². The standard InChI is InChI=1S/N2O.Ni/c1-2-3;. The van der Waals surface area contributed by atoms with Crippen LogP contribution in [-0.4, -0.2) is 0 Å². The zero-order valence-electron chi connectivity index (χ0n) is 1.62. The van der Waals surface area contributed by atoms with Crippen molar-refractivity contribution in [3.05, 3.63) is 10.4 Å². The Hall–Kier alpha value is -0.196. The molecule has 0 amide bonds. The summed E-state index contributed by atoms with van der Waals surface area (Å²) in [5.41, 5.74) is 6.64. The third kappa shape index (κ3) is 30.2. The molecule has 0 unspecified atom stereocenters. The van der Waals surface area contributed by atoms with Crippen molar-refractivity contribution in [1.29, 1.82) is 0 Å². The second-order valence-electron chi connectivity index (χ2n) is 0.0816. The molecule has 0 atom stereocenters. The quantitative estimate of drug-likeness (QED) is 0.238. The molecule has 0 saturated heterocycles. The fraction of sp³-hybridized carbons (Fsp3) is 0. The molecule has 0 aromatic heterocycles. The van der Waals surface area contributed by atoms with Gasteiger partial charge in [0.15, 0.2) is 4.91 Å². The Morgan fingerprint density at radius 3 is 1.75 bits per heavy atom. The predicted octanol–water partition coefficient (Wildman–Crippen LogP) is -0.161. The van der Waals surface area contributed by atoms with Gasteiger partial charge in [0, 0.05) is 16.5 Å². The largest absolute Gasteiger partial charge is 0.294 e. The molecule has 0 fully saturated rings. The Morgan fingerprint density at radius 2 is 1.75 bits per heavy atom. The first-order chi connectivity index (χ1) is 1.41. The minimum Gasteiger partial charge on any atom is -0.294 e. The van der Waals surface area contributed by atoms with Crippen molar-refractivity contribution in [3.8, 4) is 0 Å². The van der Waals surface area contributed by atoms with Crippen molar-refractivity contribution in [2.75, 3.05) is 0 Å². The second kappa shape index (κ2) is 14.1. The molecule has 0 aromatic rings. The molecule has 0 aliphatic carbocycles. The summed E-state index contributed by atoms with van der Waals surface area (Å²) in [7, 11) is 0. The van der Waals surface area contributed by atoms with E-state index in [1.165, 1.54) is 4.97 Å². The van der Waals surface area contributed by atoms with Crippen LogP contribution in [0, 0.1) is 4.91 Å². The fourth-order valence-corrected chi connectivity index (χ4v) is 0. The molecular weight excluding hydrogens is 103 g/mol. The van der Waals surface area contributed by atoms with Crippen LogP contribution in [-0.2, 0) is 16.5 Å². The molecule has 0 aromatic carbocycles. The van der Waals surface area contributed by atoms with Crippen LogP contribution in [0.5, 0.6) is 0 Å². The number of rotatable bonds is 0. The molecule has 0 saturated carbocycles. The molecule has 4 heavy (non-hydrogen) atoms. The van der Waals surface area contributed by atoms with E-state index in [9.17, 15) is 0 Å². The van der Waals surface area contributed by atoms with Crippen molar-refractivity contribution in [1.82, 2.24) is 4.97 Å². The van der Waals surface area contributed by atoms with Crippen LogP contribution in [0.25, 0.3) is 5.53 Å². The number of hydrogen-bond acceptors (Lipinski definition) is 1. The molecule has 0 bridgehead atoms. The molecule has 0 heterocycles. The Morgan fingerprint density at radius 1 is 1.75 bits per heavy atom. The van der Waals surface area contributed by atoms with E-state index in [4.69, 9.17) is 10.4 Å². The van der Waals surface area contributed by atoms with Gasteiger partial charge in [-0.1, -0.05) is 0 Å². The number of hydrogen-bond donors (Lipinski definition) is 0. The first kappa shape index (κ1) is 9.19. The van der Waals surface area contributed by atoms with E-state index in [-0.39, 0.29) is 16.5 Å². The van der Waals surface area contributed by atoms with Crippen molar-refractivity contribution in [3.63, 3.8) is 0 Å². The Balaban J connectivity index is 0. The minimum atomic E-state index is 0. The number of nitrogens with zero attached hydrogens (tertiary/aromatic N) is 2. The van der Waals surface area contributed by atoms with Gasteiger partial charge in [-0.3, -0.25) is 5.53 Å². The molecule has 26 valence electrons. The van der Waals surface area contributed by atoms with Gasteiger partial charge in [0.05, 0.1) is 0 Å². The normalized spacial score (nSPS) is 2.00. The molecule has 3 nitrogen and oxygen atoms in total. The smallest absolute Gasteiger partial charge is 0.151 e. The Labute approximate surface area is 32.8 Å². The number of nitroso groups, excluding NO2 is 1. The summed E-state index contributed by atoms with van der Waals surface area (Å²) in [6.07, 6.45) is 0. The van der Waals surface area contributed by atoms with E-state index in [2.05, 4.69) is 0 Å².